The molecule has 0 aromatic carbocycles. The Balaban J connectivity index is 2.81. The van der Waals surface area contributed by atoms with Gasteiger partial charge in [0.1, 0.15) is 16.9 Å². The van der Waals surface area contributed by atoms with Crippen molar-refractivity contribution in [1.29, 1.82) is 0 Å². The van der Waals surface area contributed by atoms with Gasteiger partial charge in [-0.1, -0.05) is 43.5 Å². The van der Waals surface area contributed by atoms with Gasteiger partial charge < -0.3 is 15.4 Å². The molecule has 2 atom stereocenters. The van der Waals surface area contributed by atoms with Gasteiger partial charge in [-0.2, -0.15) is 0 Å². The summed E-state index contributed by atoms with van der Waals surface area (Å²) < 4.78 is 0. The average Bonchev–Trinajstić information content (AvgIpc) is 2.65. The minimum Gasteiger partial charge on any atom is -0.480 e. The summed E-state index contributed by atoms with van der Waals surface area (Å²) in [4.78, 5) is 25.5. The minimum absolute atomic E-state index is 0.138. The van der Waals surface area contributed by atoms with E-state index < -0.39 is 17.9 Å². The quantitative estimate of drug-likeness (QED) is 0.780. The molecule has 0 aliphatic rings. The van der Waals surface area contributed by atoms with E-state index in [1.165, 1.54) is 6.07 Å². The van der Waals surface area contributed by atoms with Crippen LogP contribution in [0.4, 0.5) is 0 Å². The molecule has 5 nitrogen and oxygen atoms in total. The van der Waals surface area contributed by atoms with Gasteiger partial charge in [-0.15, -0.1) is 0 Å². The highest BCUT2D eigenvalue weighted by atomic mass is 35.5. The Hall–Kier alpha value is -1.20. The van der Waals surface area contributed by atoms with Gasteiger partial charge in [-0.05, 0) is 12.0 Å². The first-order chi connectivity index (χ1) is 8.36. The van der Waals surface area contributed by atoms with E-state index in [0.717, 1.165) is 0 Å². The zero-order valence-electron chi connectivity index (χ0n) is 9.96. The molecule has 0 saturated carbocycles. The summed E-state index contributed by atoms with van der Waals surface area (Å²) in [6.07, 6.45) is 0.642. The molecule has 18 heavy (non-hydrogen) atoms. The lowest BCUT2D eigenvalue weighted by atomic mass is 9.99. The topological polar surface area (TPSA) is 82.2 Å². The summed E-state index contributed by atoms with van der Waals surface area (Å²) in [5.74, 6) is -1.79. The van der Waals surface area contributed by atoms with Crippen molar-refractivity contribution in [2.75, 3.05) is 0 Å². The third-order valence-corrected chi connectivity index (χ3v) is 3.43. The van der Waals surface area contributed by atoms with Crippen LogP contribution in [0.3, 0.4) is 0 Å². The molecule has 1 heterocycles. The molecule has 0 fully saturated rings. The van der Waals surface area contributed by atoms with Crippen LogP contribution in [0.15, 0.2) is 6.07 Å². The van der Waals surface area contributed by atoms with Crippen LogP contribution in [0.5, 0.6) is 0 Å². The van der Waals surface area contributed by atoms with Crippen molar-refractivity contribution in [2.24, 2.45) is 5.92 Å². The lowest BCUT2D eigenvalue weighted by Gasteiger charge is -2.19. The second-order valence-electron chi connectivity index (χ2n) is 4.02. The zero-order valence-corrected chi connectivity index (χ0v) is 11.5. The molecule has 1 unspecified atom stereocenters. The number of aliphatic carboxylic acids is 1. The van der Waals surface area contributed by atoms with Crippen molar-refractivity contribution in [1.82, 2.24) is 10.3 Å². The number of aromatic nitrogens is 1. The summed E-state index contributed by atoms with van der Waals surface area (Å²) in [7, 11) is 0. The first-order valence-electron chi connectivity index (χ1n) is 5.44. The summed E-state index contributed by atoms with van der Waals surface area (Å²) in [6.45, 7) is 3.61. The fraction of sp³-hybridized carbons (Fsp3) is 0.455. The fourth-order valence-electron chi connectivity index (χ4n) is 1.43. The van der Waals surface area contributed by atoms with Gasteiger partial charge in [0.25, 0.3) is 5.91 Å². The first-order valence-corrected chi connectivity index (χ1v) is 6.20. The molecule has 1 aromatic heterocycles. The van der Waals surface area contributed by atoms with Gasteiger partial charge in [0.2, 0.25) is 0 Å². The van der Waals surface area contributed by atoms with Crippen molar-refractivity contribution in [3.63, 3.8) is 0 Å². The molecular weight excluding hydrogens is 279 g/mol. The number of hydrogen-bond acceptors (Lipinski definition) is 2. The molecule has 1 amide bonds. The smallest absolute Gasteiger partial charge is 0.326 e. The predicted octanol–water partition coefficient (Wildman–Crippen LogP) is 2.55. The Morgan fingerprint density at radius 1 is 1.50 bits per heavy atom. The van der Waals surface area contributed by atoms with Crippen LogP contribution in [0.25, 0.3) is 0 Å². The number of halogens is 2. The lowest BCUT2D eigenvalue weighted by molar-refractivity contribution is -0.140. The van der Waals surface area contributed by atoms with Crippen molar-refractivity contribution in [2.45, 2.75) is 26.3 Å². The van der Waals surface area contributed by atoms with Crippen molar-refractivity contribution in [3.8, 4) is 0 Å². The Kier molecular flexibility index (Phi) is 5.04. The molecule has 0 aliphatic heterocycles. The van der Waals surface area contributed by atoms with Crippen molar-refractivity contribution < 1.29 is 14.7 Å². The molecular formula is C11H14Cl2N2O3. The molecule has 7 heteroatoms. The van der Waals surface area contributed by atoms with E-state index in [-0.39, 0.29) is 21.8 Å². The normalized spacial score (nSPS) is 14.0. The van der Waals surface area contributed by atoms with E-state index in [1.54, 1.807) is 6.92 Å². The standard InChI is InChI=1S/C11H14Cl2N2O3/c1-3-5(2)8(11(17)18)15-10(16)7-4-6(12)9(13)14-7/h4-5,8,14H,3H2,1-2H3,(H,15,16)(H,17,18)/t5?,8-/m0/s1. The Morgan fingerprint density at radius 3 is 2.50 bits per heavy atom. The SMILES string of the molecule is CCC(C)[C@H](NC(=O)c1cc(Cl)c(Cl)[nH]1)C(=O)O. The molecule has 1 aromatic rings. The molecule has 0 saturated heterocycles. The summed E-state index contributed by atoms with van der Waals surface area (Å²) in [5.41, 5.74) is 0.138. The van der Waals surface area contributed by atoms with Crippen LogP contribution in [-0.2, 0) is 4.79 Å². The second-order valence-corrected chi connectivity index (χ2v) is 4.80. The monoisotopic (exact) mass is 292 g/mol. The third kappa shape index (κ3) is 3.40. The number of rotatable bonds is 5. The van der Waals surface area contributed by atoms with Gasteiger partial charge in [0.05, 0.1) is 5.02 Å². The maximum atomic E-state index is 11.8. The Bertz CT molecular complexity index is 440. The number of carboxylic acids is 1. The number of carbonyl (C=O) groups is 2. The average molecular weight is 293 g/mol. The predicted molar refractivity (Wildman–Crippen MR) is 69.2 cm³/mol. The zero-order chi connectivity index (χ0) is 13.9. The van der Waals surface area contributed by atoms with E-state index in [9.17, 15) is 9.59 Å². The second kappa shape index (κ2) is 6.11. The molecule has 3 N–H and O–H groups in total. The van der Waals surface area contributed by atoms with Crippen LogP contribution < -0.4 is 5.32 Å². The molecule has 0 bridgehead atoms. The molecule has 0 spiro atoms. The maximum absolute atomic E-state index is 11.8. The van der Waals surface area contributed by atoms with Gasteiger partial charge in [0, 0.05) is 0 Å². The summed E-state index contributed by atoms with van der Waals surface area (Å²) in [5, 5.41) is 11.9. The van der Waals surface area contributed by atoms with Crippen molar-refractivity contribution in [3.05, 3.63) is 21.9 Å². The number of hydrogen-bond donors (Lipinski definition) is 3. The Labute approximate surface area is 114 Å². The highest BCUT2D eigenvalue weighted by Crippen LogP contribution is 2.22. The van der Waals surface area contributed by atoms with Crippen molar-refractivity contribution >= 4 is 35.1 Å². The Morgan fingerprint density at radius 2 is 2.11 bits per heavy atom. The van der Waals surface area contributed by atoms with Gasteiger partial charge in [0.15, 0.2) is 0 Å². The summed E-state index contributed by atoms with van der Waals surface area (Å²) >= 11 is 11.4. The van der Waals surface area contributed by atoms with E-state index in [2.05, 4.69) is 10.3 Å². The highest BCUT2D eigenvalue weighted by Gasteiger charge is 2.26. The summed E-state index contributed by atoms with van der Waals surface area (Å²) in [6, 6.07) is 0.415. The van der Waals surface area contributed by atoms with Crippen LogP contribution in [0.1, 0.15) is 30.8 Å². The van der Waals surface area contributed by atoms with E-state index >= 15 is 0 Å². The third-order valence-electron chi connectivity index (χ3n) is 2.74. The van der Waals surface area contributed by atoms with Gasteiger partial charge in [-0.25, -0.2) is 4.79 Å². The fourth-order valence-corrected chi connectivity index (χ4v) is 1.74. The number of carbonyl (C=O) groups excluding carboxylic acids is 1. The van der Waals surface area contributed by atoms with Crippen LogP contribution in [0, 0.1) is 5.92 Å². The maximum Gasteiger partial charge on any atom is 0.326 e. The van der Waals surface area contributed by atoms with E-state index in [4.69, 9.17) is 28.3 Å². The number of aromatic amines is 1. The number of nitrogens with one attached hydrogen (secondary N) is 2. The van der Waals surface area contributed by atoms with Gasteiger partial charge >= 0.3 is 5.97 Å². The molecule has 0 aliphatic carbocycles. The van der Waals surface area contributed by atoms with Gasteiger partial charge in [-0.3, -0.25) is 4.79 Å². The largest absolute Gasteiger partial charge is 0.480 e. The minimum atomic E-state index is -1.07. The number of amides is 1. The van der Waals surface area contributed by atoms with Crippen LogP contribution in [0.2, 0.25) is 10.2 Å². The number of H-pyrrole nitrogens is 1. The molecule has 100 valence electrons. The highest BCUT2D eigenvalue weighted by molar-refractivity contribution is 6.41. The lowest BCUT2D eigenvalue weighted by Crippen LogP contribution is -2.45. The van der Waals surface area contributed by atoms with E-state index in [1.807, 2.05) is 6.92 Å². The molecule has 0 radical (unpaired) electrons. The van der Waals surface area contributed by atoms with Crippen LogP contribution in [-0.4, -0.2) is 28.0 Å². The first kappa shape index (κ1) is 14.9. The molecule has 1 rings (SSSR count). The van der Waals surface area contributed by atoms with Crippen LogP contribution >= 0.6 is 23.2 Å². The number of carboxylic acid groups (broad SMARTS) is 1. The van der Waals surface area contributed by atoms with E-state index in [0.29, 0.717) is 6.42 Å².